The van der Waals surface area contributed by atoms with E-state index in [-0.39, 0.29) is 0 Å². The Labute approximate surface area is 112 Å². The first-order valence-electron chi connectivity index (χ1n) is 6.67. The zero-order valence-electron chi connectivity index (χ0n) is 10.7. The van der Waals surface area contributed by atoms with E-state index in [1.165, 1.54) is 5.56 Å². The van der Waals surface area contributed by atoms with E-state index in [1.807, 2.05) is 30.3 Å². The normalized spacial score (nSPS) is 15.4. The van der Waals surface area contributed by atoms with Crippen molar-refractivity contribution in [1.82, 2.24) is 4.98 Å². The van der Waals surface area contributed by atoms with Crippen LogP contribution in [0, 0.1) is 0 Å². The predicted octanol–water partition coefficient (Wildman–Crippen LogP) is 2.68. The lowest BCUT2D eigenvalue weighted by atomic mass is 9.97. The van der Waals surface area contributed by atoms with Crippen molar-refractivity contribution in [3.8, 4) is 5.75 Å². The Kier molecular flexibility index (Phi) is 3.47. The maximum atomic E-state index is 10.4. The van der Waals surface area contributed by atoms with Gasteiger partial charge in [0.05, 0.1) is 12.7 Å². The quantitative estimate of drug-likeness (QED) is 0.917. The van der Waals surface area contributed by atoms with Crippen LogP contribution in [-0.4, -0.2) is 16.7 Å². The van der Waals surface area contributed by atoms with E-state index >= 15 is 0 Å². The number of aromatic nitrogens is 1. The molecule has 1 unspecified atom stereocenters. The number of aliphatic hydroxyl groups excluding tert-OH is 1. The number of benzene rings is 1. The molecule has 0 spiro atoms. The predicted molar refractivity (Wildman–Crippen MR) is 73.2 cm³/mol. The SMILES string of the molecule is OC(Cc1ccccn1)c1cccc2c1OCCC2. The molecule has 0 saturated heterocycles. The molecule has 98 valence electrons. The summed E-state index contributed by atoms with van der Waals surface area (Å²) in [4.78, 5) is 4.26. The summed E-state index contributed by atoms with van der Waals surface area (Å²) in [5.41, 5.74) is 2.97. The third-order valence-corrected chi connectivity index (χ3v) is 3.45. The molecule has 0 saturated carbocycles. The van der Waals surface area contributed by atoms with E-state index in [4.69, 9.17) is 4.74 Å². The second kappa shape index (κ2) is 5.41. The van der Waals surface area contributed by atoms with Gasteiger partial charge in [-0.15, -0.1) is 0 Å². The second-order valence-electron chi connectivity index (χ2n) is 4.83. The number of para-hydroxylation sites is 1. The summed E-state index contributed by atoms with van der Waals surface area (Å²) >= 11 is 0. The van der Waals surface area contributed by atoms with E-state index in [9.17, 15) is 5.11 Å². The number of ether oxygens (including phenoxy) is 1. The van der Waals surface area contributed by atoms with Gasteiger partial charge in [0.1, 0.15) is 5.75 Å². The van der Waals surface area contributed by atoms with Crippen LogP contribution >= 0.6 is 0 Å². The monoisotopic (exact) mass is 255 g/mol. The summed E-state index contributed by atoms with van der Waals surface area (Å²) in [6, 6.07) is 11.8. The van der Waals surface area contributed by atoms with E-state index in [0.717, 1.165) is 36.5 Å². The van der Waals surface area contributed by atoms with Crippen LogP contribution in [0.4, 0.5) is 0 Å². The molecule has 2 heterocycles. The van der Waals surface area contributed by atoms with Crippen LogP contribution in [0.5, 0.6) is 5.75 Å². The third-order valence-electron chi connectivity index (χ3n) is 3.45. The smallest absolute Gasteiger partial charge is 0.128 e. The highest BCUT2D eigenvalue weighted by Gasteiger charge is 2.19. The number of nitrogens with zero attached hydrogens (tertiary/aromatic N) is 1. The van der Waals surface area contributed by atoms with Crippen LogP contribution in [0.15, 0.2) is 42.6 Å². The topological polar surface area (TPSA) is 42.4 Å². The molecule has 1 aromatic carbocycles. The zero-order chi connectivity index (χ0) is 13.1. The van der Waals surface area contributed by atoms with Gasteiger partial charge in [0.25, 0.3) is 0 Å². The van der Waals surface area contributed by atoms with Crippen molar-refractivity contribution >= 4 is 0 Å². The Morgan fingerprint density at radius 3 is 3.00 bits per heavy atom. The zero-order valence-corrected chi connectivity index (χ0v) is 10.7. The molecule has 19 heavy (non-hydrogen) atoms. The van der Waals surface area contributed by atoms with Crippen LogP contribution < -0.4 is 4.74 Å². The first-order chi connectivity index (χ1) is 9.34. The van der Waals surface area contributed by atoms with Crippen molar-refractivity contribution in [2.45, 2.75) is 25.4 Å². The maximum absolute atomic E-state index is 10.4. The van der Waals surface area contributed by atoms with Gasteiger partial charge in [-0.2, -0.15) is 0 Å². The van der Waals surface area contributed by atoms with Gasteiger partial charge >= 0.3 is 0 Å². The molecule has 0 bridgehead atoms. The molecule has 0 radical (unpaired) electrons. The van der Waals surface area contributed by atoms with Gasteiger partial charge in [-0.3, -0.25) is 4.98 Å². The minimum Gasteiger partial charge on any atom is -0.493 e. The van der Waals surface area contributed by atoms with E-state index in [0.29, 0.717) is 6.42 Å². The molecular weight excluding hydrogens is 238 g/mol. The maximum Gasteiger partial charge on any atom is 0.128 e. The van der Waals surface area contributed by atoms with Crippen molar-refractivity contribution in [1.29, 1.82) is 0 Å². The van der Waals surface area contributed by atoms with Gasteiger partial charge in [0.2, 0.25) is 0 Å². The number of fused-ring (bicyclic) bond motifs is 1. The Morgan fingerprint density at radius 1 is 1.21 bits per heavy atom. The van der Waals surface area contributed by atoms with Crippen molar-refractivity contribution < 1.29 is 9.84 Å². The summed E-state index contributed by atoms with van der Waals surface area (Å²) < 4.78 is 5.73. The van der Waals surface area contributed by atoms with Gasteiger partial charge < -0.3 is 9.84 Å². The Bertz CT molecular complexity index is 554. The van der Waals surface area contributed by atoms with Gasteiger partial charge in [-0.25, -0.2) is 0 Å². The first kappa shape index (κ1) is 12.2. The molecule has 1 aliphatic rings. The van der Waals surface area contributed by atoms with Crippen molar-refractivity contribution in [3.63, 3.8) is 0 Å². The summed E-state index contributed by atoms with van der Waals surface area (Å²) in [5, 5.41) is 10.4. The fraction of sp³-hybridized carbons (Fsp3) is 0.312. The third kappa shape index (κ3) is 2.61. The highest BCUT2D eigenvalue weighted by atomic mass is 16.5. The van der Waals surface area contributed by atoms with Crippen LogP contribution in [0.2, 0.25) is 0 Å². The fourth-order valence-electron chi connectivity index (χ4n) is 2.50. The van der Waals surface area contributed by atoms with Crippen LogP contribution in [-0.2, 0) is 12.8 Å². The molecule has 3 nitrogen and oxygen atoms in total. The molecule has 3 heteroatoms. The Balaban J connectivity index is 1.86. The lowest BCUT2D eigenvalue weighted by Crippen LogP contribution is -2.13. The average molecular weight is 255 g/mol. The molecular formula is C16H17NO2. The molecule has 0 fully saturated rings. The average Bonchev–Trinajstić information content (AvgIpc) is 2.47. The molecule has 0 amide bonds. The van der Waals surface area contributed by atoms with Gasteiger partial charge in [-0.05, 0) is 30.5 Å². The molecule has 1 N–H and O–H groups in total. The molecule has 2 aromatic rings. The molecule has 1 aromatic heterocycles. The lowest BCUT2D eigenvalue weighted by molar-refractivity contribution is 0.168. The highest BCUT2D eigenvalue weighted by molar-refractivity contribution is 5.44. The highest BCUT2D eigenvalue weighted by Crippen LogP contribution is 2.33. The van der Waals surface area contributed by atoms with Gasteiger partial charge in [0.15, 0.2) is 0 Å². The van der Waals surface area contributed by atoms with E-state index in [2.05, 4.69) is 11.1 Å². The first-order valence-corrected chi connectivity index (χ1v) is 6.67. The number of aryl methyl sites for hydroxylation is 1. The number of rotatable bonds is 3. The summed E-state index contributed by atoms with van der Waals surface area (Å²) in [6.07, 6.45) is 3.77. The second-order valence-corrected chi connectivity index (χ2v) is 4.83. The standard InChI is InChI=1S/C16H17NO2/c18-15(11-13-7-1-2-9-17-13)14-8-3-5-12-6-4-10-19-16(12)14/h1-3,5,7-9,15,18H,4,6,10-11H2. The number of hydrogen-bond donors (Lipinski definition) is 1. The minimum absolute atomic E-state index is 0.515. The summed E-state index contributed by atoms with van der Waals surface area (Å²) in [5.74, 6) is 0.872. The van der Waals surface area contributed by atoms with Gasteiger partial charge in [0, 0.05) is 23.9 Å². The number of pyridine rings is 1. The summed E-state index contributed by atoms with van der Waals surface area (Å²) in [6.45, 7) is 0.736. The fourth-order valence-corrected chi connectivity index (χ4v) is 2.50. The van der Waals surface area contributed by atoms with E-state index in [1.54, 1.807) is 6.20 Å². The van der Waals surface area contributed by atoms with Crippen LogP contribution in [0.25, 0.3) is 0 Å². The van der Waals surface area contributed by atoms with Crippen molar-refractivity contribution in [2.75, 3.05) is 6.61 Å². The molecule has 1 aliphatic heterocycles. The Hall–Kier alpha value is -1.87. The van der Waals surface area contributed by atoms with Crippen molar-refractivity contribution in [2.24, 2.45) is 0 Å². The molecule has 3 rings (SSSR count). The number of hydrogen-bond acceptors (Lipinski definition) is 3. The van der Waals surface area contributed by atoms with Crippen molar-refractivity contribution in [3.05, 3.63) is 59.4 Å². The van der Waals surface area contributed by atoms with E-state index < -0.39 is 6.10 Å². The largest absolute Gasteiger partial charge is 0.493 e. The molecule has 0 aliphatic carbocycles. The number of aliphatic hydroxyl groups is 1. The Morgan fingerprint density at radius 2 is 2.16 bits per heavy atom. The van der Waals surface area contributed by atoms with Crippen LogP contribution in [0.3, 0.4) is 0 Å². The van der Waals surface area contributed by atoms with Gasteiger partial charge in [-0.1, -0.05) is 24.3 Å². The summed E-state index contributed by atoms with van der Waals surface area (Å²) in [7, 11) is 0. The molecule has 1 atom stereocenters. The lowest BCUT2D eigenvalue weighted by Gasteiger charge is -2.22. The van der Waals surface area contributed by atoms with Crippen LogP contribution in [0.1, 0.15) is 29.3 Å². The minimum atomic E-state index is -0.567.